The quantitative estimate of drug-likeness (QED) is 0.658. The van der Waals surface area contributed by atoms with Gasteiger partial charge in [-0.3, -0.25) is 4.79 Å². The zero-order valence-electron chi connectivity index (χ0n) is 17.0. The number of hydrogen-bond acceptors (Lipinski definition) is 3. The van der Waals surface area contributed by atoms with Gasteiger partial charge in [0.05, 0.1) is 25.2 Å². The van der Waals surface area contributed by atoms with Crippen molar-refractivity contribution in [2.24, 2.45) is 5.92 Å². The van der Waals surface area contributed by atoms with Gasteiger partial charge in [-0.15, -0.1) is 0 Å². The Morgan fingerprint density at radius 1 is 0.926 bits per heavy atom. The van der Waals surface area contributed by atoms with E-state index in [1.165, 1.54) is 19.3 Å². The van der Waals surface area contributed by atoms with Crippen molar-refractivity contribution in [1.82, 2.24) is 13.9 Å². The van der Waals surface area contributed by atoms with Crippen molar-refractivity contribution >= 4 is 16.1 Å². The van der Waals surface area contributed by atoms with Gasteiger partial charge in [0, 0.05) is 32.1 Å². The summed E-state index contributed by atoms with van der Waals surface area (Å²) in [6.07, 6.45) is 7.03. The van der Waals surface area contributed by atoms with E-state index in [1.807, 2.05) is 0 Å². The van der Waals surface area contributed by atoms with Gasteiger partial charge in [0.15, 0.2) is 0 Å². The number of likely N-dealkylation sites (tertiary alicyclic amines) is 1. The minimum Gasteiger partial charge on any atom is -0.350 e. The lowest BCUT2D eigenvalue weighted by Crippen LogP contribution is -3.19. The van der Waals surface area contributed by atoms with Crippen molar-refractivity contribution < 1.29 is 18.1 Å². The summed E-state index contributed by atoms with van der Waals surface area (Å²) in [7, 11) is -3.32. The Bertz CT molecular complexity index is 588. The van der Waals surface area contributed by atoms with E-state index in [2.05, 4.69) is 19.2 Å². The van der Waals surface area contributed by atoms with Crippen LogP contribution in [-0.2, 0) is 15.0 Å². The molecular weight excluding hydrogens is 364 g/mol. The number of amides is 1. The fourth-order valence-electron chi connectivity index (χ4n) is 4.98. The van der Waals surface area contributed by atoms with Gasteiger partial charge in [0.2, 0.25) is 5.91 Å². The molecule has 3 heterocycles. The number of carbonyl (C=O) groups excluding carboxylic acids is 1. The molecule has 0 spiro atoms. The second-order valence-corrected chi connectivity index (χ2v) is 10.6. The number of nitrogens with one attached hydrogen (secondary N) is 2. The van der Waals surface area contributed by atoms with Gasteiger partial charge in [-0.05, 0) is 58.8 Å². The predicted octanol–water partition coefficient (Wildman–Crippen LogP) is 0.00100. The average Bonchev–Trinajstić information content (AvgIpc) is 3.20. The summed E-state index contributed by atoms with van der Waals surface area (Å²) < 4.78 is 28.4. The van der Waals surface area contributed by atoms with E-state index < -0.39 is 10.2 Å². The van der Waals surface area contributed by atoms with E-state index in [9.17, 15) is 13.2 Å². The first-order valence-electron chi connectivity index (χ1n) is 10.8. The van der Waals surface area contributed by atoms with Crippen molar-refractivity contribution in [2.45, 2.75) is 70.9 Å². The number of rotatable bonds is 6. The van der Waals surface area contributed by atoms with Crippen LogP contribution < -0.4 is 10.2 Å². The molecule has 0 aromatic carbocycles. The summed E-state index contributed by atoms with van der Waals surface area (Å²) in [6, 6.07) is 1.34. The molecule has 27 heavy (non-hydrogen) atoms. The van der Waals surface area contributed by atoms with Crippen molar-refractivity contribution in [2.75, 3.05) is 39.3 Å². The molecule has 3 fully saturated rings. The van der Waals surface area contributed by atoms with Gasteiger partial charge >= 0.3 is 0 Å². The van der Waals surface area contributed by atoms with Gasteiger partial charge in [-0.2, -0.15) is 17.0 Å². The number of carbonyl (C=O) groups is 1. The highest BCUT2D eigenvalue weighted by molar-refractivity contribution is 7.86. The molecule has 2 atom stereocenters. The Kier molecular flexibility index (Phi) is 7.16. The molecule has 0 aromatic rings. The van der Waals surface area contributed by atoms with Crippen molar-refractivity contribution in [3.63, 3.8) is 0 Å². The van der Waals surface area contributed by atoms with Gasteiger partial charge in [0.25, 0.3) is 10.2 Å². The zero-order valence-corrected chi connectivity index (χ0v) is 17.8. The fourth-order valence-corrected chi connectivity index (χ4v) is 6.70. The van der Waals surface area contributed by atoms with E-state index >= 15 is 0 Å². The lowest BCUT2D eigenvalue weighted by molar-refractivity contribution is -0.950. The summed E-state index contributed by atoms with van der Waals surface area (Å²) >= 11 is 0. The van der Waals surface area contributed by atoms with Crippen LogP contribution in [0.25, 0.3) is 0 Å². The van der Waals surface area contributed by atoms with E-state index in [0.717, 1.165) is 25.9 Å². The van der Waals surface area contributed by atoms with Crippen LogP contribution in [0, 0.1) is 5.92 Å². The van der Waals surface area contributed by atoms with Gasteiger partial charge < -0.3 is 10.2 Å². The SMILES string of the molecule is CC1CCCC(C)[NH+]1CCNC(=O)C1CCN(S(=O)(=O)N2CCCC2)CC1. The standard InChI is InChI=1S/C19H36N4O3S/c1-16-6-5-7-17(2)23(16)15-10-20-19(24)18-8-13-22(14-9-18)27(25,26)21-11-3-4-12-21/h16-18H,3-15H2,1-2H3,(H,20,24)/p+1. The van der Waals surface area contributed by atoms with Crippen molar-refractivity contribution in [3.8, 4) is 0 Å². The molecular formula is C19H37N4O3S+. The van der Waals surface area contributed by atoms with Crippen molar-refractivity contribution in [1.29, 1.82) is 0 Å². The minimum absolute atomic E-state index is 0.0544. The third-order valence-electron chi connectivity index (χ3n) is 6.80. The Labute approximate surface area is 164 Å². The third kappa shape index (κ3) is 5.02. The first-order valence-corrected chi connectivity index (χ1v) is 12.2. The zero-order chi connectivity index (χ0) is 19.4. The molecule has 2 unspecified atom stereocenters. The molecule has 1 amide bonds. The molecule has 2 N–H and O–H groups in total. The summed E-state index contributed by atoms with van der Waals surface area (Å²) in [5.41, 5.74) is 0. The highest BCUT2D eigenvalue weighted by Gasteiger charge is 2.36. The van der Waals surface area contributed by atoms with E-state index in [0.29, 0.717) is 51.1 Å². The summed E-state index contributed by atoms with van der Waals surface area (Å²) in [6.45, 7) is 8.51. The largest absolute Gasteiger partial charge is 0.350 e. The van der Waals surface area contributed by atoms with Crippen LogP contribution in [0.15, 0.2) is 0 Å². The van der Waals surface area contributed by atoms with Crippen LogP contribution in [0.3, 0.4) is 0 Å². The maximum atomic E-state index is 12.6. The lowest BCUT2D eigenvalue weighted by atomic mass is 9.97. The molecule has 0 saturated carbocycles. The van der Waals surface area contributed by atoms with Crippen LogP contribution in [0.4, 0.5) is 0 Å². The Morgan fingerprint density at radius 3 is 2.07 bits per heavy atom. The highest BCUT2D eigenvalue weighted by Crippen LogP contribution is 2.23. The first-order chi connectivity index (χ1) is 12.9. The summed E-state index contributed by atoms with van der Waals surface area (Å²) in [5.74, 6) is 0.0474. The summed E-state index contributed by atoms with van der Waals surface area (Å²) in [4.78, 5) is 14.1. The lowest BCUT2D eigenvalue weighted by Gasteiger charge is -2.36. The van der Waals surface area contributed by atoms with Crippen LogP contribution in [0.2, 0.25) is 0 Å². The smallest absolute Gasteiger partial charge is 0.281 e. The molecule has 7 nitrogen and oxygen atoms in total. The number of piperidine rings is 2. The molecule has 0 aliphatic carbocycles. The Morgan fingerprint density at radius 2 is 1.48 bits per heavy atom. The van der Waals surface area contributed by atoms with E-state index in [1.54, 1.807) is 13.5 Å². The number of nitrogens with zero attached hydrogens (tertiary/aromatic N) is 2. The third-order valence-corrected chi connectivity index (χ3v) is 8.83. The molecule has 0 bridgehead atoms. The normalized spacial score (nSPS) is 31.9. The van der Waals surface area contributed by atoms with Crippen LogP contribution >= 0.6 is 0 Å². The first kappa shape index (κ1) is 21.0. The average molecular weight is 402 g/mol. The summed E-state index contributed by atoms with van der Waals surface area (Å²) in [5, 5.41) is 3.11. The topological polar surface area (TPSA) is 74.2 Å². The monoisotopic (exact) mass is 401 g/mol. The maximum Gasteiger partial charge on any atom is 0.281 e. The number of quaternary nitrogens is 1. The number of hydrogen-bond donors (Lipinski definition) is 2. The molecule has 3 aliphatic heterocycles. The van der Waals surface area contributed by atoms with Crippen molar-refractivity contribution in [3.05, 3.63) is 0 Å². The van der Waals surface area contributed by atoms with Crippen LogP contribution in [-0.4, -0.2) is 74.3 Å². The predicted molar refractivity (Wildman–Crippen MR) is 106 cm³/mol. The molecule has 156 valence electrons. The maximum absolute atomic E-state index is 12.6. The molecule has 3 saturated heterocycles. The van der Waals surface area contributed by atoms with E-state index in [4.69, 9.17) is 0 Å². The van der Waals surface area contributed by atoms with Crippen LogP contribution in [0.5, 0.6) is 0 Å². The van der Waals surface area contributed by atoms with Gasteiger partial charge in [-0.1, -0.05) is 0 Å². The molecule has 3 aliphatic rings. The van der Waals surface area contributed by atoms with Gasteiger partial charge in [-0.25, -0.2) is 0 Å². The fraction of sp³-hybridized carbons (Fsp3) is 0.947. The Balaban J connectivity index is 1.41. The highest BCUT2D eigenvalue weighted by atomic mass is 32.2. The van der Waals surface area contributed by atoms with E-state index in [-0.39, 0.29) is 11.8 Å². The molecule has 3 rings (SSSR count). The Hall–Kier alpha value is -0.700. The molecule has 8 heteroatoms. The second-order valence-electron chi connectivity index (χ2n) is 8.64. The second kappa shape index (κ2) is 9.20. The molecule has 0 aromatic heterocycles. The minimum atomic E-state index is -3.32. The van der Waals surface area contributed by atoms with Crippen LogP contribution in [0.1, 0.15) is 58.8 Å². The molecule has 0 radical (unpaired) electrons. The van der Waals surface area contributed by atoms with Gasteiger partial charge in [0.1, 0.15) is 0 Å².